The minimum absolute atomic E-state index is 0.114. The topological polar surface area (TPSA) is 64.1 Å². The van der Waals surface area contributed by atoms with Crippen LogP contribution in [-0.4, -0.2) is 16.2 Å². The monoisotopic (exact) mass is 342 g/mol. The second-order valence-corrected chi connectivity index (χ2v) is 6.41. The van der Waals surface area contributed by atoms with E-state index in [0.29, 0.717) is 17.2 Å². The molecule has 0 spiro atoms. The second-order valence-electron chi connectivity index (χ2n) is 5.35. The molecule has 124 valence electrons. The molecule has 6 heteroatoms. The Hall–Kier alpha value is -2.31. The molecule has 0 unspecified atom stereocenters. The van der Waals surface area contributed by atoms with Gasteiger partial charge in [0, 0.05) is 17.1 Å². The first-order chi connectivity index (χ1) is 11.6. The zero-order valence-electron chi connectivity index (χ0n) is 13.5. The molecule has 0 aliphatic carbocycles. The normalized spacial score (nSPS) is 11.1. The van der Waals surface area contributed by atoms with Gasteiger partial charge in [-0.25, -0.2) is 4.79 Å². The van der Waals surface area contributed by atoms with Gasteiger partial charge in [0.1, 0.15) is 6.73 Å². The molecule has 1 aromatic heterocycles. The third-order valence-corrected chi connectivity index (χ3v) is 4.94. The number of nitrogens with one attached hydrogen (secondary N) is 1. The fourth-order valence-corrected chi connectivity index (χ4v) is 3.46. The number of hydrogen-bond acceptors (Lipinski definition) is 4. The highest BCUT2D eigenvalue weighted by Gasteiger charge is 2.13. The van der Waals surface area contributed by atoms with Crippen LogP contribution in [0.25, 0.3) is 10.8 Å². The molecule has 3 rings (SSSR count). The van der Waals surface area contributed by atoms with E-state index in [-0.39, 0.29) is 12.3 Å². The number of H-pyrrole nitrogens is 1. The number of hydrogen-bond donors (Lipinski definition) is 1. The van der Waals surface area contributed by atoms with Crippen LogP contribution in [0.3, 0.4) is 0 Å². The van der Waals surface area contributed by atoms with Gasteiger partial charge in [-0.15, -0.1) is 0 Å². The molecule has 1 N–H and O–H groups in total. The number of rotatable bonds is 5. The summed E-state index contributed by atoms with van der Waals surface area (Å²) < 4.78 is 6.83. The van der Waals surface area contributed by atoms with Gasteiger partial charge >= 0.3 is 5.69 Å². The summed E-state index contributed by atoms with van der Waals surface area (Å²) in [5.74, 6) is 0. The molecule has 0 amide bonds. The van der Waals surface area contributed by atoms with Gasteiger partial charge in [-0.3, -0.25) is 14.3 Å². The maximum atomic E-state index is 12.1. The number of aromatic nitrogens is 2. The molecule has 3 aromatic rings. The summed E-state index contributed by atoms with van der Waals surface area (Å²) in [6, 6.07) is 14.1. The van der Waals surface area contributed by atoms with Crippen LogP contribution in [-0.2, 0) is 11.5 Å². The fraction of sp³-hybridized carbons (Fsp3) is 0.222. The number of ether oxygens (including phenoxy) is 1. The summed E-state index contributed by atoms with van der Waals surface area (Å²) in [6.07, 6.45) is 0. The first kappa shape index (κ1) is 16.5. The van der Waals surface area contributed by atoms with Crippen molar-refractivity contribution in [2.45, 2.75) is 30.5 Å². The van der Waals surface area contributed by atoms with E-state index in [2.05, 4.69) is 11.1 Å². The zero-order valence-corrected chi connectivity index (χ0v) is 14.4. The molecular weight excluding hydrogens is 324 g/mol. The Kier molecular flexibility index (Phi) is 4.87. The van der Waals surface area contributed by atoms with E-state index in [1.165, 1.54) is 16.3 Å². The molecule has 0 fully saturated rings. The second kappa shape index (κ2) is 7.07. The van der Waals surface area contributed by atoms with E-state index in [9.17, 15) is 9.59 Å². The lowest BCUT2D eigenvalue weighted by Crippen LogP contribution is -2.33. The average molecular weight is 342 g/mol. The molecule has 0 saturated heterocycles. The summed E-state index contributed by atoms with van der Waals surface area (Å²) >= 11 is 1.40. The number of fused-ring (bicyclic) bond motifs is 1. The maximum absolute atomic E-state index is 12.1. The number of nitrogens with zero attached hydrogens (tertiary/aromatic N) is 1. The molecule has 1 heterocycles. The van der Waals surface area contributed by atoms with Crippen molar-refractivity contribution in [2.24, 2.45) is 0 Å². The lowest BCUT2D eigenvalue weighted by Gasteiger charge is -2.14. The quantitative estimate of drug-likeness (QED) is 0.724. The molecule has 5 nitrogen and oxygen atoms in total. The third-order valence-electron chi connectivity index (χ3n) is 3.73. The number of benzene rings is 2. The molecule has 0 saturated carbocycles. The van der Waals surface area contributed by atoms with Crippen LogP contribution < -0.4 is 11.2 Å². The van der Waals surface area contributed by atoms with Crippen molar-refractivity contribution >= 4 is 22.5 Å². The largest absolute Gasteiger partial charge is 0.361 e. The van der Waals surface area contributed by atoms with Crippen molar-refractivity contribution in [1.82, 2.24) is 9.55 Å². The summed E-state index contributed by atoms with van der Waals surface area (Å²) in [7, 11) is 0. The Bertz CT molecular complexity index is 991. The predicted octanol–water partition coefficient (Wildman–Crippen LogP) is 3.14. The van der Waals surface area contributed by atoms with Crippen LogP contribution in [0.2, 0.25) is 0 Å². The molecule has 0 atom stereocenters. The van der Waals surface area contributed by atoms with E-state index in [1.54, 1.807) is 6.92 Å². The van der Waals surface area contributed by atoms with E-state index in [4.69, 9.17) is 4.74 Å². The van der Waals surface area contributed by atoms with Crippen molar-refractivity contribution in [3.8, 4) is 0 Å². The first-order valence-corrected chi connectivity index (χ1v) is 8.50. The lowest BCUT2D eigenvalue weighted by molar-refractivity contribution is 0.0780. The summed E-state index contributed by atoms with van der Waals surface area (Å²) in [5, 5.41) is 2.87. The average Bonchev–Trinajstić information content (AvgIpc) is 2.59. The van der Waals surface area contributed by atoms with Gasteiger partial charge in [0.2, 0.25) is 0 Å². The smallest absolute Gasteiger partial charge is 0.331 e. The summed E-state index contributed by atoms with van der Waals surface area (Å²) in [4.78, 5) is 27.4. The van der Waals surface area contributed by atoms with Gasteiger partial charge in [0.15, 0.2) is 0 Å². The third kappa shape index (κ3) is 3.29. The lowest BCUT2D eigenvalue weighted by atomic mass is 10.1. The van der Waals surface area contributed by atoms with Gasteiger partial charge < -0.3 is 4.74 Å². The summed E-state index contributed by atoms with van der Waals surface area (Å²) in [6.45, 7) is 4.18. The van der Waals surface area contributed by atoms with E-state index in [0.717, 1.165) is 15.7 Å². The zero-order chi connectivity index (χ0) is 17.1. The van der Waals surface area contributed by atoms with E-state index >= 15 is 0 Å². The SMILES string of the molecule is CCOCn1c(Sc2ccc3ccccc3c2)c(C)c(=O)[nH]c1=O. The Morgan fingerprint density at radius 2 is 1.88 bits per heavy atom. The van der Waals surface area contributed by atoms with E-state index < -0.39 is 5.69 Å². The minimum Gasteiger partial charge on any atom is -0.361 e. The first-order valence-electron chi connectivity index (χ1n) is 7.68. The molecule has 0 bridgehead atoms. The Morgan fingerprint density at radius 1 is 1.12 bits per heavy atom. The highest BCUT2D eigenvalue weighted by atomic mass is 32.2. The van der Waals surface area contributed by atoms with Gasteiger partial charge in [0.05, 0.1) is 5.03 Å². The van der Waals surface area contributed by atoms with Crippen LogP contribution in [0.15, 0.2) is 62.0 Å². The van der Waals surface area contributed by atoms with Crippen LogP contribution in [0, 0.1) is 6.92 Å². The predicted molar refractivity (Wildman–Crippen MR) is 95.8 cm³/mol. The Balaban J connectivity index is 2.06. The molecule has 0 aliphatic rings. The Labute approximate surface area is 143 Å². The van der Waals surface area contributed by atoms with Crippen LogP contribution in [0.4, 0.5) is 0 Å². The van der Waals surface area contributed by atoms with Crippen LogP contribution >= 0.6 is 11.8 Å². The molecule has 0 radical (unpaired) electrons. The van der Waals surface area contributed by atoms with Gasteiger partial charge in [-0.05, 0) is 36.8 Å². The van der Waals surface area contributed by atoms with Gasteiger partial charge in [0.25, 0.3) is 5.56 Å². The van der Waals surface area contributed by atoms with Crippen molar-refractivity contribution in [1.29, 1.82) is 0 Å². The highest BCUT2D eigenvalue weighted by molar-refractivity contribution is 7.99. The standard InChI is InChI=1S/C18H18N2O3S/c1-3-23-11-20-17(12(2)16(21)19-18(20)22)24-15-9-8-13-6-4-5-7-14(13)10-15/h4-10H,3,11H2,1-2H3,(H,19,21,22). The van der Waals surface area contributed by atoms with Crippen LogP contribution in [0.5, 0.6) is 0 Å². The van der Waals surface area contributed by atoms with Crippen molar-refractivity contribution < 1.29 is 4.74 Å². The van der Waals surface area contributed by atoms with Crippen molar-refractivity contribution in [2.75, 3.05) is 6.61 Å². The highest BCUT2D eigenvalue weighted by Crippen LogP contribution is 2.30. The van der Waals surface area contributed by atoms with Crippen LogP contribution in [0.1, 0.15) is 12.5 Å². The Morgan fingerprint density at radius 3 is 2.62 bits per heavy atom. The molecular formula is C18H18N2O3S. The van der Waals surface area contributed by atoms with Gasteiger partial charge in [-0.1, -0.05) is 42.1 Å². The van der Waals surface area contributed by atoms with Crippen molar-refractivity contribution in [3.63, 3.8) is 0 Å². The minimum atomic E-state index is -0.456. The van der Waals surface area contributed by atoms with E-state index in [1.807, 2.05) is 43.3 Å². The summed E-state index contributed by atoms with van der Waals surface area (Å²) in [5.41, 5.74) is -0.314. The molecule has 0 aliphatic heterocycles. The maximum Gasteiger partial charge on any atom is 0.331 e. The van der Waals surface area contributed by atoms with Crippen molar-refractivity contribution in [3.05, 3.63) is 68.9 Å². The molecule has 2 aromatic carbocycles. The molecule has 24 heavy (non-hydrogen) atoms. The number of aromatic amines is 1. The fourth-order valence-electron chi connectivity index (χ4n) is 2.42. The van der Waals surface area contributed by atoms with Gasteiger partial charge in [-0.2, -0.15) is 0 Å².